The van der Waals surface area contributed by atoms with Crippen LogP contribution in [0.4, 0.5) is 0 Å². The van der Waals surface area contributed by atoms with Gasteiger partial charge in [0.15, 0.2) is 0 Å². The average molecular weight is 319 g/mol. The molecule has 18 heavy (non-hydrogen) atoms. The molecular formula is C10H20Cl2N2O3S. The molecule has 0 aliphatic carbocycles. The maximum absolute atomic E-state index is 10.5. The molecule has 5 nitrogen and oxygen atoms in total. The SMILES string of the molecule is CCCCCCl.Cl.N#CC1CCN(S(=O)(=O)O)C1. The Kier molecular flexibility index (Phi) is 12.2. The molecule has 1 atom stereocenters. The molecule has 108 valence electrons. The molecule has 1 aliphatic heterocycles. The Balaban J connectivity index is 0. The summed E-state index contributed by atoms with van der Waals surface area (Å²) in [6.45, 7) is 2.54. The molecule has 0 aromatic heterocycles. The van der Waals surface area contributed by atoms with Crippen molar-refractivity contribution in [3.63, 3.8) is 0 Å². The van der Waals surface area contributed by atoms with E-state index in [1.807, 2.05) is 6.07 Å². The van der Waals surface area contributed by atoms with Crippen LogP contribution in [0.25, 0.3) is 0 Å². The molecule has 1 heterocycles. The van der Waals surface area contributed by atoms with Gasteiger partial charge in [0.05, 0.1) is 12.0 Å². The van der Waals surface area contributed by atoms with E-state index in [2.05, 4.69) is 6.92 Å². The van der Waals surface area contributed by atoms with Crippen LogP contribution in [0.1, 0.15) is 32.6 Å². The van der Waals surface area contributed by atoms with Gasteiger partial charge in [-0.15, -0.1) is 24.0 Å². The number of nitrogens with zero attached hydrogens (tertiary/aromatic N) is 2. The smallest absolute Gasteiger partial charge is 0.273 e. The standard InChI is InChI=1S/C5H11Cl.C5H8N2O3S.ClH/c1-2-3-4-5-6;6-3-5-1-2-7(4-5)11(8,9)10;/h2-5H2,1H3;5H,1-2,4H2,(H,8,9,10);1H. The topological polar surface area (TPSA) is 81.4 Å². The maximum atomic E-state index is 10.5. The Hall–Kier alpha value is -0.0600. The first-order valence-electron chi connectivity index (χ1n) is 5.63. The van der Waals surface area contributed by atoms with Crippen molar-refractivity contribution < 1.29 is 13.0 Å². The zero-order valence-corrected chi connectivity index (χ0v) is 12.8. The van der Waals surface area contributed by atoms with Crippen LogP contribution in [-0.4, -0.2) is 36.2 Å². The fourth-order valence-electron chi connectivity index (χ4n) is 1.39. The predicted molar refractivity (Wildman–Crippen MR) is 74.3 cm³/mol. The Labute approximate surface area is 120 Å². The van der Waals surface area contributed by atoms with E-state index in [-0.39, 0.29) is 31.4 Å². The number of nitriles is 1. The number of rotatable bonds is 4. The third-order valence-corrected chi connectivity index (χ3v) is 3.65. The zero-order valence-electron chi connectivity index (χ0n) is 10.4. The van der Waals surface area contributed by atoms with E-state index in [0.717, 1.165) is 10.2 Å². The largest absolute Gasteiger partial charge is 0.335 e. The average Bonchev–Trinajstić information content (AvgIpc) is 2.75. The van der Waals surface area contributed by atoms with Crippen molar-refractivity contribution in [1.29, 1.82) is 5.26 Å². The molecule has 1 fully saturated rings. The second-order valence-electron chi connectivity index (χ2n) is 3.85. The van der Waals surface area contributed by atoms with Crippen molar-refractivity contribution in [2.75, 3.05) is 19.0 Å². The fourth-order valence-corrected chi connectivity index (χ4v) is 2.28. The Bertz CT molecular complexity index is 340. The number of halogens is 2. The Morgan fingerprint density at radius 3 is 2.33 bits per heavy atom. The van der Waals surface area contributed by atoms with Gasteiger partial charge in [0.2, 0.25) is 0 Å². The van der Waals surface area contributed by atoms with Gasteiger partial charge >= 0.3 is 10.3 Å². The van der Waals surface area contributed by atoms with Crippen LogP contribution in [0.2, 0.25) is 0 Å². The summed E-state index contributed by atoms with van der Waals surface area (Å²) in [5, 5.41) is 8.40. The molecule has 0 spiro atoms. The van der Waals surface area contributed by atoms with Crippen molar-refractivity contribution >= 4 is 34.3 Å². The quantitative estimate of drug-likeness (QED) is 0.490. The monoisotopic (exact) mass is 318 g/mol. The number of alkyl halides is 1. The van der Waals surface area contributed by atoms with Crippen LogP contribution >= 0.6 is 24.0 Å². The predicted octanol–water partition coefficient (Wildman–Crippen LogP) is 2.47. The lowest BCUT2D eigenvalue weighted by molar-refractivity contribution is 0.387. The molecule has 8 heteroatoms. The van der Waals surface area contributed by atoms with Crippen molar-refractivity contribution in [2.24, 2.45) is 5.92 Å². The van der Waals surface area contributed by atoms with E-state index in [4.69, 9.17) is 21.4 Å². The second-order valence-corrected chi connectivity index (χ2v) is 5.64. The molecule has 1 saturated heterocycles. The summed E-state index contributed by atoms with van der Waals surface area (Å²) < 4.78 is 30.4. The van der Waals surface area contributed by atoms with Crippen molar-refractivity contribution in [3.8, 4) is 6.07 Å². The normalized spacial score (nSPS) is 19.3. The lowest BCUT2D eigenvalue weighted by atomic mass is 10.1. The summed E-state index contributed by atoms with van der Waals surface area (Å²) in [5.41, 5.74) is 0. The first-order chi connectivity index (χ1) is 7.95. The summed E-state index contributed by atoms with van der Waals surface area (Å²) in [6.07, 6.45) is 4.24. The summed E-state index contributed by atoms with van der Waals surface area (Å²) in [5.74, 6) is 0.560. The minimum atomic E-state index is -4.06. The van der Waals surface area contributed by atoms with Gasteiger partial charge in [-0.2, -0.15) is 18.0 Å². The first-order valence-corrected chi connectivity index (χ1v) is 7.57. The van der Waals surface area contributed by atoms with E-state index in [9.17, 15) is 8.42 Å². The molecular weight excluding hydrogens is 299 g/mol. The number of hydrogen-bond acceptors (Lipinski definition) is 3. The lowest BCUT2D eigenvalue weighted by Crippen LogP contribution is -2.27. The molecule has 0 amide bonds. The van der Waals surface area contributed by atoms with Crippen LogP contribution in [0.3, 0.4) is 0 Å². The maximum Gasteiger partial charge on any atom is 0.335 e. The molecule has 1 aliphatic rings. The van der Waals surface area contributed by atoms with Gasteiger partial charge < -0.3 is 0 Å². The van der Waals surface area contributed by atoms with E-state index >= 15 is 0 Å². The van der Waals surface area contributed by atoms with Crippen LogP contribution in [0.15, 0.2) is 0 Å². The van der Waals surface area contributed by atoms with Gasteiger partial charge in [-0.25, -0.2) is 0 Å². The van der Waals surface area contributed by atoms with E-state index in [0.29, 0.717) is 6.42 Å². The van der Waals surface area contributed by atoms with Crippen molar-refractivity contribution in [3.05, 3.63) is 0 Å². The zero-order chi connectivity index (χ0) is 13.3. The molecule has 1 N–H and O–H groups in total. The Morgan fingerprint density at radius 1 is 1.50 bits per heavy atom. The summed E-state index contributed by atoms with van der Waals surface area (Å²) >= 11 is 5.38. The summed E-state index contributed by atoms with van der Waals surface area (Å²) in [6, 6.07) is 1.95. The van der Waals surface area contributed by atoms with Gasteiger partial charge in [0, 0.05) is 19.0 Å². The van der Waals surface area contributed by atoms with E-state index in [1.54, 1.807) is 0 Å². The highest BCUT2D eigenvalue weighted by Gasteiger charge is 2.29. The minimum Gasteiger partial charge on any atom is -0.273 e. The number of hydrogen-bond donors (Lipinski definition) is 1. The highest BCUT2D eigenvalue weighted by molar-refractivity contribution is 7.83. The molecule has 0 radical (unpaired) electrons. The van der Waals surface area contributed by atoms with E-state index < -0.39 is 10.3 Å². The van der Waals surface area contributed by atoms with Gasteiger partial charge in [-0.1, -0.05) is 19.8 Å². The third kappa shape index (κ3) is 8.95. The van der Waals surface area contributed by atoms with Gasteiger partial charge in [0.1, 0.15) is 0 Å². The molecule has 1 rings (SSSR count). The summed E-state index contributed by atoms with van der Waals surface area (Å²) in [4.78, 5) is 0. The van der Waals surface area contributed by atoms with Crippen LogP contribution < -0.4 is 0 Å². The molecule has 0 aromatic rings. The molecule has 1 unspecified atom stereocenters. The van der Waals surface area contributed by atoms with Crippen LogP contribution in [0, 0.1) is 17.2 Å². The van der Waals surface area contributed by atoms with Crippen LogP contribution in [-0.2, 0) is 10.3 Å². The van der Waals surface area contributed by atoms with Crippen LogP contribution in [0.5, 0.6) is 0 Å². The second kappa shape index (κ2) is 10.8. The molecule has 0 saturated carbocycles. The van der Waals surface area contributed by atoms with Crippen molar-refractivity contribution in [1.82, 2.24) is 4.31 Å². The fraction of sp³-hybridized carbons (Fsp3) is 0.900. The highest BCUT2D eigenvalue weighted by atomic mass is 35.5. The van der Waals surface area contributed by atoms with Crippen molar-refractivity contribution in [2.45, 2.75) is 32.6 Å². The lowest BCUT2D eigenvalue weighted by Gasteiger charge is -2.08. The Morgan fingerprint density at radius 2 is 2.11 bits per heavy atom. The van der Waals surface area contributed by atoms with Gasteiger partial charge in [-0.3, -0.25) is 4.55 Å². The minimum absolute atomic E-state index is 0. The van der Waals surface area contributed by atoms with Gasteiger partial charge in [0.25, 0.3) is 0 Å². The highest BCUT2D eigenvalue weighted by Crippen LogP contribution is 2.16. The third-order valence-electron chi connectivity index (χ3n) is 2.40. The van der Waals surface area contributed by atoms with E-state index in [1.165, 1.54) is 19.3 Å². The summed E-state index contributed by atoms with van der Waals surface area (Å²) in [7, 11) is -4.06. The number of unbranched alkanes of at least 4 members (excludes halogenated alkanes) is 2. The first kappa shape index (κ1) is 20.3. The molecule has 0 aromatic carbocycles. The van der Waals surface area contributed by atoms with Gasteiger partial charge in [-0.05, 0) is 12.8 Å². The molecule has 0 bridgehead atoms.